The van der Waals surface area contributed by atoms with Gasteiger partial charge in [-0.25, -0.2) is 4.68 Å². The van der Waals surface area contributed by atoms with Gasteiger partial charge < -0.3 is 9.64 Å². The van der Waals surface area contributed by atoms with Crippen LogP contribution < -0.4 is 5.56 Å². The smallest absolute Gasteiger partial charge is 0.275 e. The monoisotopic (exact) mass is 289 g/mol. The third kappa shape index (κ3) is 3.28. The molecule has 1 heterocycles. The molecule has 21 heavy (non-hydrogen) atoms. The Morgan fingerprint density at radius 3 is 2.86 bits per heavy atom. The minimum absolute atomic E-state index is 0.0568. The Morgan fingerprint density at radius 2 is 2.14 bits per heavy atom. The Hall–Kier alpha value is -2.21. The zero-order chi connectivity index (χ0) is 15.4. The highest BCUT2D eigenvalue weighted by Gasteiger charge is 2.17. The van der Waals surface area contributed by atoms with Crippen molar-refractivity contribution in [2.75, 3.05) is 20.8 Å². The number of likely N-dealkylation sites (N-methyl/N-ethyl adjacent to an activating group) is 1. The highest BCUT2D eigenvalue weighted by molar-refractivity contribution is 5.81. The maximum absolute atomic E-state index is 12.3. The van der Waals surface area contributed by atoms with E-state index in [1.807, 2.05) is 19.1 Å². The molecule has 0 bridgehead atoms. The third-order valence-corrected chi connectivity index (χ3v) is 3.51. The number of carbonyl (C=O) groups is 1. The topological polar surface area (TPSA) is 64.4 Å². The zero-order valence-electron chi connectivity index (χ0n) is 12.4. The van der Waals surface area contributed by atoms with Crippen LogP contribution in [0.5, 0.6) is 0 Å². The first kappa shape index (κ1) is 15.2. The second-order valence-corrected chi connectivity index (χ2v) is 5.00. The van der Waals surface area contributed by atoms with Crippen molar-refractivity contribution in [3.63, 3.8) is 0 Å². The lowest BCUT2D eigenvalue weighted by molar-refractivity contribution is -0.133. The van der Waals surface area contributed by atoms with Crippen molar-refractivity contribution >= 4 is 16.7 Å². The van der Waals surface area contributed by atoms with E-state index in [0.29, 0.717) is 12.0 Å². The van der Waals surface area contributed by atoms with E-state index >= 15 is 0 Å². The molecule has 112 valence electrons. The molecule has 1 aromatic carbocycles. The number of hydrogen-bond acceptors (Lipinski definition) is 4. The summed E-state index contributed by atoms with van der Waals surface area (Å²) >= 11 is 0. The van der Waals surface area contributed by atoms with E-state index in [2.05, 4.69) is 5.10 Å². The molecule has 0 fully saturated rings. The SMILES string of the molecule is COCC(C)N(C)C(=O)Cn1ncc2ccccc2c1=O. The Kier molecular flexibility index (Phi) is 4.70. The van der Waals surface area contributed by atoms with Crippen LogP contribution in [0.2, 0.25) is 0 Å². The van der Waals surface area contributed by atoms with Crippen molar-refractivity contribution in [2.45, 2.75) is 19.5 Å². The Morgan fingerprint density at radius 1 is 1.43 bits per heavy atom. The van der Waals surface area contributed by atoms with Crippen molar-refractivity contribution in [1.82, 2.24) is 14.7 Å². The van der Waals surface area contributed by atoms with Gasteiger partial charge in [0.05, 0.1) is 24.2 Å². The van der Waals surface area contributed by atoms with Crippen molar-refractivity contribution < 1.29 is 9.53 Å². The maximum atomic E-state index is 12.3. The van der Waals surface area contributed by atoms with E-state index in [1.54, 1.807) is 37.4 Å². The van der Waals surface area contributed by atoms with Gasteiger partial charge in [0.25, 0.3) is 5.56 Å². The fourth-order valence-electron chi connectivity index (χ4n) is 2.08. The van der Waals surface area contributed by atoms with E-state index < -0.39 is 0 Å². The lowest BCUT2D eigenvalue weighted by Gasteiger charge is -2.24. The number of amides is 1. The van der Waals surface area contributed by atoms with Crippen LogP contribution in [-0.4, -0.2) is 47.4 Å². The van der Waals surface area contributed by atoms with Crippen LogP contribution in [0, 0.1) is 0 Å². The van der Waals surface area contributed by atoms with E-state index in [4.69, 9.17) is 4.74 Å². The highest BCUT2D eigenvalue weighted by Crippen LogP contribution is 2.06. The normalized spacial score (nSPS) is 12.3. The number of nitrogens with zero attached hydrogens (tertiary/aromatic N) is 3. The number of ether oxygens (including phenoxy) is 1. The van der Waals surface area contributed by atoms with Gasteiger partial charge in [-0.15, -0.1) is 0 Å². The molecule has 0 saturated heterocycles. The predicted molar refractivity (Wildman–Crippen MR) is 80.1 cm³/mol. The van der Waals surface area contributed by atoms with E-state index in [-0.39, 0.29) is 24.1 Å². The van der Waals surface area contributed by atoms with Gasteiger partial charge in [-0.1, -0.05) is 18.2 Å². The molecule has 6 nitrogen and oxygen atoms in total. The Balaban J connectivity index is 2.22. The summed E-state index contributed by atoms with van der Waals surface area (Å²) < 4.78 is 6.22. The summed E-state index contributed by atoms with van der Waals surface area (Å²) in [5.41, 5.74) is -0.255. The summed E-state index contributed by atoms with van der Waals surface area (Å²) in [6.07, 6.45) is 1.60. The number of methoxy groups -OCH3 is 1. The van der Waals surface area contributed by atoms with Crippen LogP contribution in [0.1, 0.15) is 6.92 Å². The predicted octanol–water partition coefficient (Wildman–Crippen LogP) is 0.890. The fraction of sp³-hybridized carbons (Fsp3) is 0.400. The molecule has 1 aromatic heterocycles. The molecule has 2 rings (SSSR count). The largest absolute Gasteiger partial charge is 0.383 e. The van der Waals surface area contributed by atoms with Gasteiger partial charge in [0, 0.05) is 19.5 Å². The molecule has 1 unspecified atom stereocenters. The number of fused-ring (bicyclic) bond motifs is 1. The summed E-state index contributed by atoms with van der Waals surface area (Å²) in [5.74, 6) is -0.176. The summed E-state index contributed by atoms with van der Waals surface area (Å²) in [6.45, 7) is 2.26. The average Bonchev–Trinajstić information content (AvgIpc) is 2.49. The molecule has 2 aromatic rings. The first-order valence-corrected chi connectivity index (χ1v) is 6.74. The number of rotatable bonds is 5. The number of benzene rings is 1. The third-order valence-electron chi connectivity index (χ3n) is 3.51. The maximum Gasteiger partial charge on any atom is 0.275 e. The van der Waals surface area contributed by atoms with Crippen molar-refractivity contribution in [3.8, 4) is 0 Å². The minimum Gasteiger partial charge on any atom is -0.383 e. The molecule has 6 heteroatoms. The molecule has 0 N–H and O–H groups in total. The van der Waals surface area contributed by atoms with Gasteiger partial charge in [0.1, 0.15) is 6.54 Å². The lowest BCUT2D eigenvalue weighted by Crippen LogP contribution is -2.41. The zero-order valence-corrected chi connectivity index (χ0v) is 12.4. The van der Waals surface area contributed by atoms with Crippen LogP contribution in [0.25, 0.3) is 10.8 Å². The molecule has 0 aliphatic rings. The van der Waals surface area contributed by atoms with Crippen molar-refractivity contribution in [1.29, 1.82) is 0 Å². The molecule has 0 saturated carbocycles. The van der Waals surface area contributed by atoms with Crippen molar-refractivity contribution in [3.05, 3.63) is 40.8 Å². The standard InChI is InChI=1S/C15H19N3O3/c1-11(10-21-3)17(2)14(19)9-18-15(20)13-7-5-4-6-12(13)8-16-18/h4-8,11H,9-10H2,1-3H3. The Bertz CT molecular complexity index is 696. The Labute approximate surface area is 122 Å². The second-order valence-electron chi connectivity index (χ2n) is 5.00. The average molecular weight is 289 g/mol. The van der Waals surface area contributed by atoms with Crippen LogP contribution in [0.3, 0.4) is 0 Å². The van der Waals surface area contributed by atoms with Gasteiger partial charge in [0.2, 0.25) is 5.91 Å². The molecule has 0 aliphatic heterocycles. The molecule has 0 aliphatic carbocycles. The first-order chi connectivity index (χ1) is 10.0. The van der Waals surface area contributed by atoms with Crippen LogP contribution >= 0.6 is 0 Å². The second kappa shape index (κ2) is 6.49. The van der Waals surface area contributed by atoms with E-state index in [0.717, 1.165) is 5.39 Å². The van der Waals surface area contributed by atoms with Crippen LogP contribution in [-0.2, 0) is 16.1 Å². The van der Waals surface area contributed by atoms with Gasteiger partial charge >= 0.3 is 0 Å². The lowest BCUT2D eigenvalue weighted by atomic mass is 10.2. The van der Waals surface area contributed by atoms with Gasteiger partial charge in [-0.05, 0) is 13.0 Å². The minimum atomic E-state index is -0.255. The number of carbonyl (C=O) groups excluding carboxylic acids is 1. The van der Waals surface area contributed by atoms with Crippen molar-refractivity contribution in [2.24, 2.45) is 0 Å². The molecule has 1 atom stereocenters. The molecular weight excluding hydrogens is 270 g/mol. The summed E-state index contributed by atoms with van der Waals surface area (Å²) in [5, 5.41) is 5.39. The van der Waals surface area contributed by atoms with Gasteiger partial charge in [0.15, 0.2) is 0 Å². The molecule has 0 spiro atoms. The highest BCUT2D eigenvalue weighted by atomic mass is 16.5. The molecule has 0 radical (unpaired) electrons. The quantitative estimate of drug-likeness (QED) is 0.820. The van der Waals surface area contributed by atoms with Crippen LogP contribution in [0.15, 0.2) is 35.3 Å². The van der Waals surface area contributed by atoms with E-state index in [9.17, 15) is 9.59 Å². The number of aromatic nitrogens is 2. The van der Waals surface area contributed by atoms with E-state index in [1.165, 1.54) is 4.68 Å². The molecular formula is C15H19N3O3. The van der Waals surface area contributed by atoms with Crippen LogP contribution in [0.4, 0.5) is 0 Å². The summed E-state index contributed by atoms with van der Waals surface area (Å²) in [4.78, 5) is 26.0. The molecule has 1 amide bonds. The first-order valence-electron chi connectivity index (χ1n) is 6.74. The number of hydrogen-bond donors (Lipinski definition) is 0. The fourth-order valence-corrected chi connectivity index (χ4v) is 2.08. The van der Waals surface area contributed by atoms with Gasteiger partial charge in [-0.2, -0.15) is 5.10 Å². The summed E-state index contributed by atoms with van der Waals surface area (Å²) in [6, 6.07) is 7.14. The van der Waals surface area contributed by atoms with Gasteiger partial charge in [-0.3, -0.25) is 9.59 Å². The summed E-state index contributed by atoms with van der Waals surface area (Å²) in [7, 11) is 3.28.